The van der Waals surface area contributed by atoms with Crippen LogP contribution in [0.15, 0.2) is 36.4 Å². The summed E-state index contributed by atoms with van der Waals surface area (Å²) in [6, 6.07) is 12.2. The minimum absolute atomic E-state index is 0.792. The molecule has 0 spiro atoms. The smallest absolute Gasteiger partial charge is 0.314 e. The highest BCUT2D eigenvalue weighted by atomic mass is 32.1. The molecule has 0 fully saturated rings. The summed E-state index contributed by atoms with van der Waals surface area (Å²) < 4.78 is 0. The number of benzene rings is 1. The maximum absolute atomic E-state index is 11.2. The molecule has 1 N–H and O–H groups in total. The zero-order valence-corrected chi connectivity index (χ0v) is 11.5. The number of thiophene rings is 1. The molecule has 0 bridgehead atoms. The highest BCUT2D eigenvalue weighted by Gasteiger charge is 2.31. The van der Waals surface area contributed by atoms with Gasteiger partial charge in [-0.25, -0.2) is 0 Å². The fourth-order valence-corrected chi connectivity index (χ4v) is 2.76. The molecular weight excluding hydrogens is 244 g/mol. The Bertz CT molecular complexity index is 564. The lowest BCUT2D eigenvalue weighted by Crippen LogP contribution is -2.27. The Balaban J connectivity index is 2.37. The van der Waals surface area contributed by atoms with Gasteiger partial charge in [0, 0.05) is 9.75 Å². The Hall–Kier alpha value is -1.61. The van der Waals surface area contributed by atoms with Crippen LogP contribution in [0.2, 0.25) is 0 Å². The van der Waals surface area contributed by atoms with Crippen LogP contribution >= 0.6 is 11.3 Å². The Morgan fingerprint density at radius 2 is 1.72 bits per heavy atom. The molecule has 0 radical (unpaired) electrons. The van der Waals surface area contributed by atoms with E-state index in [4.69, 9.17) is 0 Å². The van der Waals surface area contributed by atoms with Crippen LogP contribution in [0.3, 0.4) is 0 Å². The first kappa shape index (κ1) is 12.8. The van der Waals surface area contributed by atoms with Crippen molar-refractivity contribution in [1.29, 1.82) is 0 Å². The van der Waals surface area contributed by atoms with E-state index in [9.17, 15) is 9.90 Å². The fraction of sp³-hybridized carbons (Fsp3) is 0.267. The standard InChI is InChI=1S/C15H16O2S/c1-10-4-6-11(7-5-10)12-8-9-13(18-12)15(2,3)14(16)17/h4-9H,1-3H3,(H,16,17). The minimum atomic E-state index is -0.826. The van der Waals surface area contributed by atoms with Gasteiger partial charge in [0.2, 0.25) is 0 Å². The van der Waals surface area contributed by atoms with Crippen molar-refractivity contribution >= 4 is 17.3 Å². The second-order valence-electron chi connectivity index (χ2n) is 4.96. The van der Waals surface area contributed by atoms with E-state index < -0.39 is 11.4 Å². The molecule has 2 nitrogen and oxygen atoms in total. The minimum Gasteiger partial charge on any atom is -0.481 e. The molecule has 1 heterocycles. The van der Waals surface area contributed by atoms with Crippen LogP contribution in [0.25, 0.3) is 10.4 Å². The predicted octanol–water partition coefficient (Wildman–Crippen LogP) is 4.09. The van der Waals surface area contributed by atoms with E-state index in [0.29, 0.717) is 0 Å². The Kier molecular flexibility index (Phi) is 3.26. The van der Waals surface area contributed by atoms with Crippen LogP contribution in [-0.2, 0) is 10.2 Å². The molecule has 0 aliphatic heterocycles. The Morgan fingerprint density at radius 1 is 1.11 bits per heavy atom. The van der Waals surface area contributed by atoms with E-state index in [2.05, 4.69) is 31.2 Å². The quantitative estimate of drug-likeness (QED) is 0.902. The number of hydrogen-bond acceptors (Lipinski definition) is 2. The molecule has 0 saturated carbocycles. The van der Waals surface area contributed by atoms with Crippen LogP contribution in [0.1, 0.15) is 24.3 Å². The Morgan fingerprint density at radius 3 is 2.28 bits per heavy atom. The van der Waals surface area contributed by atoms with Crippen LogP contribution in [0.4, 0.5) is 0 Å². The normalized spacial score (nSPS) is 11.5. The summed E-state index contributed by atoms with van der Waals surface area (Å²) in [5, 5.41) is 9.22. The van der Waals surface area contributed by atoms with Gasteiger partial charge in [-0.15, -0.1) is 11.3 Å². The second-order valence-corrected chi connectivity index (χ2v) is 6.04. The molecule has 1 aromatic carbocycles. The summed E-state index contributed by atoms with van der Waals surface area (Å²) in [7, 11) is 0. The summed E-state index contributed by atoms with van der Waals surface area (Å²) in [6.07, 6.45) is 0. The van der Waals surface area contributed by atoms with E-state index in [1.807, 2.05) is 12.1 Å². The molecule has 1 aromatic heterocycles. The van der Waals surface area contributed by atoms with Gasteiger partial charge in [-0.05, 0) is 38.5 Å². The number of carbonyl (C=O) groups is 1. The summed E-state index contributed by atoms with van der Waals surface area (Å²) in [4.78, 5) is 13.2. The number of rotatable bonds is 3. The average Bonchev–Trinajstić information content (AvgIpc) is 2.79. The molecule has 0 unspecified atom stereocenters. The van der Waals surface area contributed by atoms with Crippen molar-refractivity contribution in [2.24, 2.45) is 0 Å². The van der Waals surface area contributed by atoms with Gasteiger partial charge < -0.3 is 5.11 Å². The van der Waals surface area contributed by atoms with Crippen LogP contribution in [-0.4, -0.2) is 11.1 Å². The lowest BCUT2D eigenvalue weighted by atomic mass is 9.92. The monoisotopic (exact) mass is 260 g/mol. The SMILES string of the molecule is Cc1ccc(-c2ccc(C(C)(C)C(=O)O)s2)cc1. The maximum Gasteiger partial charge on any atom is 0.314 e. The van der Waals surface area contributed by atoms with E-state index in [1.165, 1.54) is 5.56 Å². The molecule has 0 aliphatic rings. The third-order valence-corrected chi connectivity index (χ3v) is 4.55. The van der Waals surface area contributed by atoms with E-state index in [1.54, 1.807) is 25.2 Å². The number of hydrogen-bond donors (Lipinski definition) is 1. The number of aliphatic carboxylic acids is 1. The molecule has 0 saturated heterocycles. The third-order valence-electron chi connectivity index (χ3n) is 3.09. The molecule has 94 valence electrons. The van der Waals surface area contributed by atoms with Crippen LogP contribution < -0.4 is 0 Å². The van der Waals surface area contributed by atoms with Gasteiger partial charge in [0.1, 0.15) is 0 Å². The van der Waals surface area contributed by atoms with Crippen molar-refractivity contribution in [3.8, 4) is 10.4 Å². The van der Waals surface area contributed by atoms with Gasteiger partial charge in [0.15, 0.2) is 0 Å². The first-order chi connectivity index (χ1) is 8.41. The van der Waals surface area contributed by atoms with Gasteiger partial charge >= 0.3 is 5.97 Å². The number of carboxylic acids is 1. The molecule has 18 heavy (non-hydrogen) atoms. The largest absolute Gasteiger partial charge is 0.481 e. The van der Waals surface area contributed by atoms with Crippen molar-refractivity contribution in [1.82, 2.24) is 0 Å². The van der Waals surface area contributed by atoms with E-state index >= 15 is 0 Å². The summed E-state index contributed by atoms with van der Waals surface area (Å²) in [5.74, 6) is -0.792. The van der Waals surface area contributed by atoms with E-state index in [-0.39, 0.29) is 0 Å². The summed E-state index contributed by atoms with van der Waals surface area (Å²) in [5.41, 5.74) is 1.53. The molecule has 0 aliphatic carbocycles. The van der Waals surface area contributed by atoms with Gasteiger partial charge in [-0.2, -0.15) is 0 Å². The molecule has 2 aromatic rings. The van der Waals surface area contributed by atoms with Crippen molar-refractivity contribution in [2.75, 3.05) is 0 Å². The van der Waals surface area contributed by atoms with Crippen LogP contribution in [0, 0.1) is 6.92 Å². The zero-order valence-electron chi connectivity index (χ0n) is 10.7. The predicted molar refractivity (Wildman–Crippen MR) is 75.2 cm³/mol. The van der Waals surface area contributed by atoms with Crippen molar-refractivity contribution in [3.63, 3.8) is 0 Å². The number of carboxylic acid groups (broad SMARTS) is 1. The van der Waals surface area contributed by atoms with Gasteiger partial charge in [-0.3, -0.25) is 4.79 Å². The third kappa shape index (κ3) is 2.31. The average molecular weight is 260 g/mol. The summed E-state index contributed by atoms with van der Waals surface area (Å²) >= 11 is 1.55. The molecule has 3 heteroatoms. The molecule has 0 amide bonds. The van der Waals surface area contributed by atoms with Crippen molar-refractivity contribution < 1.29 is 9.90 Å². The summed E-state index contributed by atoms with van der Waals surface area (Å²) in [6.45, 7) is 5.53. The van der Waals surface area contributed by atoms with E-state index in [0.717, 1.165) is 15.3 Å². The first-order valence-corrected chi connectivity index (χ1v) is 6.63. The van der Waals surface area contributed by atoms with Crippen LogP contribution in [0.5, 0.6) is 0 Å². The lowest BCUT2D eigenvalue weighted by molar-refractivity contribution is -0.142. The second kappa shape index (κ2) is 4.58. The van der Waals surface area contributed by atoms with Crippen molar-refractivity contribution in [2.45, 2.75) is 26.2 Å². The highest BCUT2D eigenvalue weighted by Crippen LogP contribution is 2.35. The zero-order chi connectivity index (χ0) is 13.3. The molecule has 2 rings (SSSR count). The van der Waals surface area contributed by atoms with Gasteiger partial charge in [0.25, 0.3) is 0 Å². The highest BCUT2D eigenvalue weighted by molar-refractivity contribution is 7.15. The topological polar surface area (TPSA) is 37.3 Å². The molecular formula is C15H16O2S. The van der Waals surface area contributed by atoms with Gasteiger partial charge in [0.05, 0.1) is 5.41 Å². The fourth-order valence-electron chi connectivity index (χ4n) is 1.65. The van der Waals surface area contributed by atoms with Crippen molar-refractivity contribution in [3.05, 3.63) is 46.8 Å². The lowest BCUT2D eigenvalue weighted by Gasteiger charge is -2.16. The molecule has 0 atom stereocenters. The first-order valence-electron chi connectivity index (χ1n) is 5.82. The maximum atomic E-state index is 11.2. The number of aryl methyl sites for hydroxylation is 1. The van der Waals surface area contributed by atoms with Gasteiger partial charge in [-0.1, -0.05) is 29.8 Å². The Labute approximate surface area is 111 Å².